The lowest BCUT2D eigenvalue weighted by Gasteiger charge is -2.14. The van der Waals surface area contributed by atoms with Gasteiger partial charge in [-0.1, -0.05) is 26.8 Å². The van der Waals surface area contributed by atoms with Crippen LogP contribution in [0.2, 0.25) is 0 Å². The summed E-state index contributed by atoms with van der Waals surface area (Å²) in [5.74, 6) is 0.811. The number of aromatic nitrogens is 3. The summed E-state index contributed by atoms with van der Waals surface area (Å²) in [7, 11) is 0. The number of hydrogen-bond acceptors (Lipinski definition) is 3. The molecule has 0 aliphatic carbocycles. The average molecular weight is 230 g/mol. The number of nitrogens with two attached hydrogens (primary N) is 1. The molecule has 0 radical (unpaired) electrons. The van der Waals surface area contributed by atoms with Gasteiger partial charge in [-0.05, 0) is 12.1 Å². The SMILES string of the molecule is CC(C)(C)c1ccn(-c2ncccc2CN)n1. The average Bonchev–Trinajstić information content (AvgIpc) is 2.77. The summed E-state index contributed by atoms with van der Waals surface area (Å²) in [4.78, 5) is 4.34. The van der Waals surface area contributed by atoms with Gasteiger partial charge in [0.25, 0.3) is 0 Å². The van der Waals surface area contributed by atoms with Gasteiger partial charge >= 0.3 is 0 Å². The van der Waals surface area contributed by atoms with Crippen LogP contribution in [0.3, 0.4) is 0 Å². The van der Waals surface area contributed by atoms with Gasteiger partial charge in [0.05, 0.1) is 5.69 Å². The van der Waals surface area contributed by atoms with Crippen molar-refractivity contribution in [1.29, 1.82) is 0 Å². The van der Waals surface area contributed by atoms with Gasteiger partial charge in [-0.2, -0.15) is 5.10 Å². The third-order valence-electron chi connectivity index (χ3n) is 2.66. The van der Waals surface area contributed by atoms with E-state index >= 15 is 0 Å². The summed E-state index contributed by atoms with van der Waals surface area (Å²) >= 11 is 0. The minimum absolute atomic E-state index is 0.0446. The monoisotopic (exact) mass is 230 g/mol. The fourth-order valence-corrected chi connectivity index (χ4v) is 1.64. The molecule has 17 heavy (non-hydrogen) atoms. The van der Waals surface area contributed by atoms with Gasteiger partial charge in [0.15, 0.2) is 5.82 Å². The summed E-state index contributed by atoms with van der Waals surface area (Å²) in [6, 6.07) is 5.88. The molecule has 0 aliphatic heterocycles. The van der Waals surface area contributed by atoms with Crippen molar-refractivity contribution in [3.8, 4) is 5.82 Å². The van der Waals surface area contributed by atoms with Crippen molar-refractivity contribution in [3.63, 3.8) is 0 Å². The van der Waals surface area contributed by atoms with Gasteiger partial charge in [-0.25, -0.2) is 9.67 Å². The molecule has 0 amide bonds. The second kappa shape index (κ2) is 4.30. The Balaban J connectivity index is 2.44. The van der Waals surface area contributed by atoms with Crippen LogP contribution in [0.4, 0.5) is 0 Å². The second-order valence-corrected chi connectivity index (χ2v) is 5.09. The van der Waals surface area contributed by atoms with Gasteiger partial charge in [0.2, 0.25) is 0 Å². The zero-order chi connectivity index (χ0) is 12.5. The molecule has 0 unspecified atom stereocenters. The maximum atomic E-state index is 5.70. The van der Waals surface area contributed by atoms with E-state index in [9.17, 15) is 0 Å². The Labute approximate surface area is 101 Å². The van der Waals surface area contributed by atoms with Crippen molar-refractivity contribution in [2.24, 2.45) is 5.73 Å². The molecular formula is C13H18N4. The quantitative estimate of drug-likeness (QED) is 0.858. The minimum Gasteiger partial charge on any atom is -0.326 e. The Morgan fingerprint density at radius 3 is 2.65 bits per heavy atom. The van der Waals surface area contributed by atoms with Crippen LogP contribution in [0.15, 0.2) is 30.6 Å². The number of pyridine rings is 1. The predicted octanol–water partition coefficient (Wildman–Crippen LogP) is 2.02. The van der Waals surface area contributed by atoms with Gasteiger partial charge in [-0.3, -0.25) is 0 Å². The fraction of sp³-hybridized carbons (Fsp3) is 0.385. The Morgan fingerprint density at radius 2 is 2.06 bits per heavy atom. The molecule has 0 aliphatic rings. The Hall–Kier alpha value is -1.68. The molecule has 0 saturated carbocycles. The molecule has 0 bridgehead atoms. The maximum absolute atomic E-state index is 5.70. The van der Waals surface area contributed by atoms with Crippen LogP contribution < -0.4 is 5.73 Å². The Morgan fingerprint density at radius 1 is 1.29 bits per heavy atom. The zero-order valence-electron chi connectivity index (χ0n) is 10.5. The molecule has 4 heteroatoms. The molecule has 0 spiro atoms. The van der Waals surface area contributed by atoms with Crippen LogP contribution in [0.1, 0.15) is 32.0 Å². The first kappa shape index (κ1) is 11.8. The minimum atomic E-state index is 0.0446. The van der Waals surface area contributed by atoms with Crippen LogP contribution >= 0.6 is 0 Å². The zero-order valence-corrected chi connectivity index (χ0v) is 10.5. The Bertz CT molecular complexity index is 508. The van der Waals surface area contributed by atoms with Gasteiger partial charge in [0.1, 0.15) is 0 Å². The van der Waals surface area contributed by atoms with Crippen molar-refractivity contribution >= 4 is 0 Å². The largest absolute Gasteiger partial charge is 0.326 e. The first-order valence-electron chi connectivity index (χ1n) is 5.73. The summed E-state index contributed by atoms with van der Waals surface area (Å²) < 4.78 is 1.79. The van der Waals surface area contributed by atoms with Crippen molar-refractivity contribution in [2.75, 3.05) is 0 Å². The van der Waals surface area contributed by atoms with Gasteiger partial charge in [-0.15, -0.1) is 0 Å². The Kier molecular flexibility index (Phi) is 2.98. The molecule has 4 nitrogen and oxygen atoms in total. The van der Waals surface area contributed by atoms with E-state index in [1.165, 1.54) is 0 Å². The molecule has 2 aromatic heterocycles. The maximum Gasteiger partial charge on any atom is 0.157 e. The van der Waals surface area contributed by atoms with Gasteiger partial charge in [0, 0.05) is 29.9 Å². The molecule has 2 heterocycles. The van der Waals surface area contributed by atoms with E-state index in [0.29, 0.717) is 6.54 Å². The van der Waals surface area contributed by atoms with E-state index in [0.717, 1.165) is 17.1 Å². The molecule has 2 aromatic rings. The first-order valence-corrected chi connectivity index (χ1v) is 5.73. The van der Waals surface area contributed by atoms with E-state index in [-0.39, 0.29) is 5.41 Å². The highest BCUT2D eigenvalue weighted by Crippen LogP contribution is 2.21. The van der Waals surface area contributed by atoms with Gasteiger partial charge < -0.3 is 5.73 Å². The fourth-order valence-electron chi connectivity index (χ4n) is 1.64. The number of rotatable bonds is 2. The molecule has 0 atom stereocenters. The van der Waals surface area contributed by atoms with E-state index < -0.39 is 0 Å². The van der Waals surface area contributed by atoms with Crippen molar-refractivity contribution in [2.45, 2.75) is 32.7 Å². The molecule has 0 aromatic carbocycles. The summed E-state index contributed by atoms with van der Waals surface area (Å²) in [6.07, 6.45) is 3.69. The molecular weight excluding hydrogens is 212 g/mol. The second-order valence-electron chi connectivity index (χ2n) is 5.09. The predicted molar refractivity (Wildman–Crippen MR) is 68.0 cm³/mol. The number of nitrogens with zero attached hydrogens (tertiary/aromatic N) is 3. The van der Waals surface area contributed by atoms with Crippen molar-refractivity contribution in [3.05, 3.63) is 41.9 Å². The molecule has 0 saturated heterocycles. The van der Waals surface area contributed by atoms with E-state index in [1.54, 1.807) is 10.9 Å². The number of hydrogen-bond donors (Lipinski definition) is 1. The lowest BCUT2D eigenvalue weighted by molar-refractivity contribution is 0.559. The summed E-state index contributed by atoms with van der Waals surface area (Å²) in [5.41, 5.74) is 7.79. The first-order chi connectivity index (χ1) is 8.02. The van der Waals surface area contributed by atoms with Crippen LogP contribution in [0.25, 0.3) is 5.82 Å². The highest BCUT2D eigenvalue weighted by atomic mass is 15.3. The third-order valence-corrected chi connectivity index (χ3v) is 2.66. The summed E-state index contributed by atoms with van der Waals surface area (Å²) in [5, 5.41) is 4.56. The molecule has 2 N–H and O–H groups in total. The molecule has 2 rings (SSSR count). The van der Waals surface area contributed by atoms with Crippen LogP contribution in [0.5, 0.6) is 0 Å². The topological polar surface area (TPSA) is 56.7 Å². The third kappa shape index (κ3) is 2.36. The molecule has 90 valence electrons. The van der Waals surface area contributed by atoms with Crippen LogP contribution in [-0.2, 0) is 12.0 Å². The normalized spacial score (nSPS) is 11.8. The van der Waals surface area contributed by atoms with Crippen molar-refractivity contribution in [1.82, 2.24) is 14.8 Å². The standard InChI is InChI=1S/C13H18N4/c1-13(2,3)11-6-8-17(16-11)12-10(9-14)5-4-7-15-12/h4-8H,9,14H2,1-3H3. The van der Waals surface area contributed by atoms with E-state index in [4.69, 9.17) is 5.73 Å². The highest BCUT2D eigenvalue weighted by Gasteiger charge is 2.17. The lowest BCUT2D eigenvalue weighted by atomic mass is 9.93. The van der Waals surface area contributed by atoms with E-state index in [1.807, 2.05) is 24.4 Å². The van der Waals surface area contributed by atoms with Crippen LogP contribution in [-0.4, -0.2) is 14.8 Å². The van der Waals surface area contributed by atoms with Crippen LogP contribution in [0, 0.1) is 0 Å². The molecule has 0 fully saturated rings. The smallest absolute Gasteiger partial charge is 0.157 e. The summed E-state index contributed by atoms with van der Waals surface area (Å²) in [6.45, 7) is 6.89. The highest BCUT2D eigenvalue weighted by molar-refractivity contribution is 5.33. The van der Waals surface area contributed by atoms with E-state index in [2.05, 4.69) is 30.9 Å². The van der Waals surface area contributed by atoms with Crippen molar-refractivity contribution < 1.29 is 0 Å². The lowest BCUT2D eigenvalue weighted by Crippen LogP contribution is -2.13.